The van der Waals surface area contributed by atoms with E-state index in [0.29, 0.717) is 0 Å². The fraction of sp³-hybridized carbons (Fsp3) is 0.714. The van der Waals surface area contributed by atoms with Crippen molar-refractivity contribution in [2.45, 2.75) is 71.1 Å². The summed E-state index contributed by atoms with van der Waals surface area (Å²) < 4.78 is 1.27. The third-order valence-electron chi connectivity index (χ3n) is 5.33. The number of hydrogen-bond acceptors (Lipinski definition) is 0. The predicted octanol–water partition coefficient (Wildman–Crippen LogP) is 3.58. The Morgan fingerprint density at radius 3 is 2.00 bits per heavy atom. The van der Waals surface area contributed by atoms with Gasteiger partial charge in [-0.05, 0) is 45.1 Å². The first-order valence-corrected chi connectivity index (χ1v) is 10.1. The van der Waals surface area contributed by atoms with Crippen LogP contribution >= 0.6 is 11.6 Å². The fourth-order valence-corrected chi connectivity index (χ4v) is 3.75. The first kappa shape index (κ1) is 23.9. The van der Waals surface area contributed by atoms with Crippen molar-refractivity contribution in [3.63, 3.8) is 0 Å². The average Bonchev–Trinajstić information content (AvgIpc) is 2.60. The Morgan fingerprint density at radius 1 is 0.833 bits per heavy atom. The number of quaternary nitrogens is 1. The van der Waals surface area contributed by atoms with E-state index in [1.807, 2.05) is 0 Å². The highest BCUT2D eigenvalue weighted by Gasteiger charge is 2.22. The first-order valence-electron chi connectivity index (χ1n) is 9.71. The number of unbranched alkanes of at least 4 members (excludes halogenated alkanes) is 4. The molecule has 0 saturated heterocycles. The maximum atomic E-state index is 6.58. The molecular formula is C21H37BrClN. The van der Waals surface area contributed by atoms with Crippen LogP contribution in [0, 0.1) is 0 Å². The van der Waals surface area contributed by atoms with E-state index in [2.05, 4.69) is 51.1 Å². The van der Waals surface area contributed by atoms with Crippen LogP contribution in [0.4, 0.5) is 0 Å². The zero-order valence-electron chi connectivity index (χ0n) is 15.9. The number of nitrogens with zero attached hydrogens (tertiary/aromatic N) is 1. The molecule has 0 aliphatic carbocycles. The molecule has 0 bridgehead atoms. The Morgan fingerprint density at radius 2 is 1.42 bits per heavy atom. The summed E-state index contributed by atoms with van der Waals surface area (Å²) in [4.78, 5) is 0. The van der Waals surface area contributed by atoms with Crippen LogP contribution in [0.5, 0.6) is 0 Å². The summed E-state index contributed by atoms with van der Waals surface area (Å²) in [7, 11) is 0. The standard InChI is InChI=1S/C21H37ClN.BrH/c1-4-7-8-9-13-18-23(5-2,6-3)19-14-17-21(22)20-15-11-10-12-16-20;/h10-12,15-16,21H,4-9,13-14,17-19H2,1-3H3;1H/q+1;/p-1. The van der Waals surface area contributed by atoms with Gasteiger partial charge in [-0.25, -0.2) is 0 Å². The molecule has 0 radical (unpaired) electrons. The van der Waals surface area contributed by atoms with Gasteiger partial charge in [0.1, 0.15) is 0 Å². The Kier molecular flexibility index (Phi) is 14.1. The van der Waals surface area contributed by atoms with Crippen LogP contribution in [0.1, 0.15) is 76.7 Å². The van der Waals surface area contributed by atoms with E-state index in [4.69, 9.17) is 11.6 Å². The number of hydrogen-bond donors (Lipinski definition) is 0. The van der Waals surface area contributed by atoms with Gasteiger partial charge in [-0.15, -0.1) is 11.6 Å². The quantitative estimate of drug-likeness (QED) is 0.261. The van der Waals surface area contributed by atoms with E-state index >= 15 is 0 Å². The second-order valence-electron chi connectivity index (χ2n) is 6.86. The molecule has 0 spiro atoms. The van der Waals surface area contributed by atoms with Gasteiger partial charge in [-0.3, -0.25) is 0 Å². The van der Waals surface area contributed by atoms with Gasteiger partial charge in [0.05, 0.1) is 31.6 Å². The summed E-state index contributed by atoms with van der Waals surface area (Å²) in [5.74, 6) is 0. The highest BCUT2D eigenvalue weighted by molar-refractivity contribution is 6.20. The summed E-state index contributed by atoms with van der Waals surface area (Å²) in [6.07, 6.45) is 9.21. The van der Waals surface area contributed by atoms with Crippen LogP contribution in [0.3, 0.4) is 0 Å². The van der Waals surface area contributed by atoms with E-state index in [-0.39, 0.29) is 22.4 Å². The minimum atomic E-state index is 0. The molecule has 1 atom stereocenters. The van der Waals surface area contributed by atoms with E-state index in [1.54, 1.807) is 0 Å². The van der Waals surface area contributed by atoms with Gasteiger partial charge >= 0.3 is 0 Å². The molecule has 140 valence electrons. The lowest BCUT2D eigenvalue weighted by Gasteiger charge is -2.37. The summed E-state index contributed by atoms with van der Waals surface area (Å²) in [5.41, 5.74) is 1.26. The third kappa shape index (κ3) is 8.87. The van der Waals surface area contributed by atoms with Crippen LogP contribution in [0.15, 0.2) is 30.3 Å². The molecule has 1 unspecified atom stereocenters. The lowest BCUT2D eigenvalue weighted by molar-refractivity contribution is -0.925. The van der Waals surface area contributed by atoms with Crippen LogP contribution < -0.4 is 17.0 Å². The van der Waals surface area contributed by atoms with E-state index < -0.39 is 0 Å². The predicted molar refractivity (Wildman–Crippen MR) is 104 cm³/mol. The smallest absolute Gasteiger partial charge is 0.0787 e. The van der Waals surface area contributed by atoms with Gasteiger partial charge in [-0.2, -0.15) is 0 Å². The van der Waals surface area contributed by atoms with Crippen LogP contribution in [0.2, 0.25) is 0 Å². The molecule has 0 fully saturated rings. The van der Waals surface area contributed by atoms with Gasteiger partial charge in [0, 0.05) is 0 Å². The van der Waals surface area contributed by atoms with Gasteiger partial charge in [0.25, 0.3) is 0 Å². The van der Waals surface area contributed by atoms with Crippen molar-refractivity contribution in [3.8, 4) is 0 Å². The van der Waals surface area contributed by atoms with Crippen molar-refractivity contribution in [2.75, 3.05) is 26.2 Å². The van der Waals surface area contributed by atoms with E-state index in [0.717, 1.165) is 6.42 Å². The molecule has 0 saturated carbocycles. The number of alkyl halides is 1. The largest absolute Gasteiger partial charge is 1.00 e. The normalized spacial score (nSPS) is 12.7. The monoisotopic (exact) mass is 417 g/mol. The first-order chi connectivity index (χ1) is 11.2. The fourth-order valence-electron chi connectivity index (χ4n) is 3.45. The van der Waals surface area contributed by atoms with E-state index in [1.165, 1.54) is 74.8 Å². The molecular weight excluding hydrogens is 382 g/mol. The highest BCUT2D eigenvalue weighted by atomic mass is 79.9. The Balaban J connectivity index is 0.00000529. The number of halogens is 2. The zero-order valence-corrected chi connectivity index (χ0v) is 18.3. The Labute approximate surface area is 166 Å². The summed E-state index contributed by atoms with van der Waals surface area (Å²) >= 11 is 6.58. The molecule has 0 aliphatic heterocycles. The average molecular weight is 419 g/mol. The summed E-state index contributed by atoms with van der Waals surface area (Å²) in [6.45, 7) is 12.1. The molecule has 0 aliphatic rings. The third-order valence-corrected chi connectivity index (χ3v) is 5.80. The molecule has 0 amide bonds. The van der Waals surface area contributed by atoms with Crippen molar-refractivity contribution >= 4 is 11.6 Å². The molecule has 0 N–H and O–H groups in total. The lowest BCUT2D eigenvalue weighted by Crippen LogP contribution is -3.00. The van der Waals surface area contributed by atoms with Gasteiger partial charge < -0.3 is 21.5 Å². The second kappa shape index (κ2) is 14.2. The topological polar surface area (TPSA) is 0 Å². The molecule has 24 heavy (non-hydrogen) atoms. The van der Waals surface area contributed by atoms with Crippen molar-refractivity contribution in [1.29, 1.82) is 0 Å². The molecule has 3 heteroatoms. The van der Waals surface area contributed by atoms with Crippen molar-refractivity contribution in [3.05, 3.63) is 35.9 Å². The Bertz CT molecular complexity index is 392. The van der Waals surface area contributed by atoms with Crippen molar-refractivity contribution in [1.82, 2.24) is 0 Å². The molecule has 1 aromatic rings. The zero-order chi connectivity index (χ0) is 17.0. The van der Waals surface area contributed by atoms with Crippen LogP contribution in [-0.4, -0.2) is 30.7 Å². The summed E-state index contributed by atoms with van der Waals surface area (Å²) in [6, 6.07) is 10.5. The van der Waals surface area contributed by atoms with Crippen molar-refractivity contribution in [2.24, 2.45) is 0 Å². The number of benzene rings is 1. The molecule has 0 heterocycles. The van der Waals surface area contributed by atoms with Crippen molar-refractivity contribution < 1.29 is 21.5 Å². The van der Waals surface area contributed by atoms with Gasteiger partial charge in [0.2, 0.25) is 0 Å². The highest BCUT2D eigenvalue weighted by Crippen LogP contribution is 2.26. The minimum absolute atomic E-state index is 0. The maximum absolute atomic E-state index is 6.58. The van der Waals surface area contributed by atoms with Crippen LogP contribution in [-0.2, 0) is 0 Å². The minimum Gasteiger partial charge on any atom is -1.00 e. The maximum Gasteiger partial charge on any atom is 0.0787 e. The SMILES string of the molecule is CCCCCCC[N+](CC)(CC)CCCC(Cl)c1ccccc1.[Br-]. The lowest BCUT2D eigenvalue weighted by atomic mass is 10.1. The number of rotatable bonds is 13. The van der Waals surface area contributed by atoms with E-state index in [9.17, 15) is 0 Å². The molecule has 1 nitrogen and oxygen atoms in total. The Hall–Kier alpha value is -0.0500. The molecule has 0 aromatic heterocycles. The van der Waals surface area contributed by atoms with Gasteiger partial charge in [-0.1, -0.05) is 56.5 Å². The molecule has 1 aromatic carbocycles. The second-order valence-corrected chi connectivity index (χ2v) is 7.38. The van der Waals surface area contributed by atoms with Crippen LogP contribution in [0.25, 0.3) is 0 Å². The van der Waals surface area contributed by atoms with Gasteiger partial charge in [0.15, 0.2) is 0 Å². The molecule has 1 rings (SSSR count). The summed E-state index contributed by atoms with van der Waals surface area (Å²) in [5, 5.41) is 0.163.